The van der Waals surface area contributed by atoms with Gasteiger partial charge in [0.25, 0.3) is 0 Å². The second-order valence-corrected chi connectivity index (χ2v) is 3.78. The Kier molecular flexibility index (Phi) is 3.47. The van der Waals surface area contributed by atoms with E-state index in [4.69, 9.17) is 4.74 Å². The minimum atomic E-state index is -1.10. The van der Waals surface area contributed by atoms with E-state index in [1.165, 1.54) is 0 Å². The number of anilines is 1. The molecule has 0 bridgehead atoms. The molecule has 0 spiro atoms. The van der Waals surface area contributed by atoms with Crippen LogP contribution in [0.15, 0.2) is 24.3 Å². The fourth-order valence-corrected chi connectivity index (χ4v) is 1.79. The van der Waals surface area contributed by atoms with E-state index < -0.39 is 12.3 Å². The normalized spacial score (nSPS) is 12.6. The molecule has 2 aromatic rings. The predicted molar refractivity (Wildman–Crippen MR) is 67.7 cm³/mol. The summed E-state index contributed by atoms with van der Waals surface area (Å²) in [7, 11) is 0. The smallest absolute Gasteiger partial charge is 0.416 e. The third-order valence-electron chi connectivity index (χ3n) is 2.58. The number of para-hydroxylation sites is 2. The van der Waals surface area contributed by atoms with E-state index in [-0.39, 0.29) is 5.95 Å². The summed E-state index contributed by atoms with van der Waals surface area (Å²) >= 11 is 0. The first-order chi connectivity index (χ1) is 8.63. The Bertz CT molecular complexity index is 519. The van der Waals surface area contributed by atoms with Crippen LogP contribution in [0, 0.1) is 0 Å². The molecule has 96 valence electrons. The summed E-state index contributed by atoms with van der Waals surface area (Å²) in [4.78, 5) is 19.6. The Morgan fingerprint density at radius 1 is 1.56 bits per heavy atom. The van der Waals surface area contributed by atoms with Crippen LogP contribution in [0.3, 0.4) is 0 Å². The Morgan fingerprint density at radius 2 is 2.28 bits per heavy atom. The van der Waals surface area contributed by atoms with Gasteiger partial charge in [0.05, 0.1) is 11.0 Å². The highest BCUT2D eigenvalue weighted by Gasteiger charge is 2.24. The number of fused-ring (bicyclic) bond motifs is 1. The van der Waals surface area contributed by atoms with Crippen LogP contribution in [0.5, 0.6) is 0 Å². The fourth-order valence-electron chi connectivity index (χ4n) is 1.79. The molecule has 1 unspecified atom stereocenters. The second-order valence-electron chi connectivity index (χ2n) is 3.78. The molecule has 0 radical (unpaired) electrons. The van der Waals surface area contributed by atoms with Crippen LogP contribution in [0.4, 0.5) is 10.7 Å². The fraction of sp³-hybridized carbons (Fsp3) is 0.333. The van der Waals surface area contributed by atoms with Crippen LogP contribution in [0.2, 0.25) is 0 Å². The average Bonchev–Trinajstić information content (AvgIpc) is 2.71. The molecule has 2 rings (SSSR count). The van der Waals surface area contributed by atoms with Gasteiger partial charge in [-0.25, -0.2) is 14.7 Å². The highest BCUT2D eigenvalue weighted by atomic mass is 16.5. The average molecular weight is 249 g/mol. The topological polar surface area (TPSA) is 78.4 Å². The molecular weight excluding hydrogens is 234 g/mol. The van der Waals surface area contributed by atoms with E-state index in [0.29, 0.717) is 6.61 Å². The molecular formula is C12H15N3O3. The van der Waals surface area contributed by atoms with Crippen molar-refractivity contribution in [2.75, 3.05) is 11.5 Å². The minimum Gasteiger partial charge on any atom is -0.465 e. The maximum atomic E-state index is 11.3. The molecule has 2 N–H and O–H groups in total. The molecule has 1 amide bonds. The molecule has 0 saturated heterocycles. The van der Waals surface area contributed by atoms with Gasteiger partial charge in [-0.2, -0.15) is 0 Å². The summed E-state index contributed by atoms with van der Waals surface area (Å²) in [5.41, 5.74) is 1.52. The number of nitrogens with zero attached hydrogens (tertiary/aromatic N) is 2. The Balaban J connectivity index is 2.38. The first-order valence-electron chi connectivity index (χ1n) is 5.72. The SMILES string of the molecule is CCOC(C)N(C(=O)O)c1nc2ccccc2[nH]1. The Hall–Kier alpha value is -2.08. The number of carboxylic acid groups (broad SMARTS) is 1. The monoisotopic (exact) mass is 249 g/mol. The molecule has 0 aliphatic heterocycles. The van der Waals surface area contributed by atoms with E-state index in [9.17, 15) is 9.90 Å². The van der Waals surface area contributed by atoms with Gasteiger partial charge in [0.1, 0.15) is 6.23 Å². The lowest BCUT2D eigenvalue weighted by atomic mass is 10.3. The van der Waals surface area contributed by atoms with Crippen molar-refractivity contribution in [1.29, 1.82) is 0 Å². The molecule has 0 aliphatic carbocycles. The third kappa shape index (κ3) is 2.28. The van der Waals surface area contributed by atoms with Crippen molar-refractivity contribution in [3.05, 3.63) is 24.3 Å². The quantitative estimate of drug-likeness (QED) is 0.816. The number of aromatic nitrogens is 2. The van der Waals surface area contributed by atoms with E-state index in [2.05, 4.69) is 9.97 Å². The number of benzene rings is 1. The zero-order valence-electron chi connectivity index (χ0n) is 10.3. The van der Waals surface area contributed by atoms with Crippen LogP contribution in [0.25, 0.3) is 11.0 Å². The number of aromatic amines is 1. The predicted octanol–water partition coefficient (Wildman–Crippen LogP) is 2.43. The van der Waals surface area contributed by atoms with E-state index >= 15 is 0 Å². The zero-order chi connectivity index (χ0) is 13.1. The van der Waals surface area contributed by atoms with Gasteiger partial charge in [0.2, 0.25) is 5.95 Å². The summed E-state index contributed by atoms with van der Waals surface area (Å²) in [6, 6.07) is 7.38. The van der Waals surface area contributed by atoms with Gasteiger partial charge in [0, 0.05) is 6.61 Å². The number of rotatable bonds is 4. The van der Waals surface area contributed by atoms with Crippen LogP contribution in [-0.4, -0.2) is 34.0 Å². The highest BCUT2D eigenvalue weighted by Crippen LogP contribution is 2.19. The molecule has 1 aromatic carbocycles. The minimum absolute atomic E-state index is 0.268. The van der Waals surface area contributed by atoms with E-state index in [1.54, 1.807) is 6.92 Å². The molecule has 18 heavy (non-hydrogen) atoms. The third-order valence-corrected chi connectivity index (χ3v) is 2.58. The number of ether oxygens (including phenoxy) is 1. The molecule has 1 heterocycles. The van der Waals surface area contributed by atoms with Gasteiger partial charge in [-0.1, -0.05) is 12.1 Å². The van der Waals surface area contributed by atoms with Crippen LogP contribution in [0.1, 0.15) is 13.8 Å². The van der Waals surface area contributed by atoms with Crippen molar-refractivity contribution in [2.45, 2.75) is 20.1 Å². The van der Waals surface area contributed by atoms with E-state index in [0.717, 1.165) is 15.9 Å². The Labute approximate surface area is 104 Å². The Morgan fingerprint density at radius 3 is 2.89 bits per heavy atom. The van der Waals surface area contributed by atoms with Gasteiger partial charge in [-0.05, 0) is 26.0 Å². The molecule has 6 heteroatoms. The van der Waals surface area contributed by atoms with Crippen molar-refractivity contribution in [2.24, 2.45) is 0 Å². The lowest BCUT2D eigenvalue weighted by molar-refractivity contribution is 0.0712. The largest absolute Gasteiger partial charge is 0.465 e. The zero-order valence-corrected chi connectivity index (χ0v) is 10.3. The van der Waals surface area contributed by atoms with Gasteiger partial charge >= 0.3 is 6.09 Å². The second kappa shape index (κ2) is 5.05. The van der Waals surface area contributed by atoms with Crippen LogP contribution >= 0.6 is 0 Å². The van der Waals surface area contributed by atoms with Crippen molar-refractivity contribution < 1.29 is 14.6 Å². The van der Waals surface area contributed by atoms with Gasteiger partial charge in [0.15, 0.2) is 0 Å². The number of nitrogens with one attached hydrogen (secondary N) is 1. The molecule has 0 aliphatic rings. The number of imidazole rings is 1. The highest BCUT2D eigenvalue weighted by molar-refractivity contribution is 5.87. The first-order valence-corrected chi connectivity index (χ1v) is 5.72. The molecule has 1 aromatic heterocycles. The maximum Gasteiger partial charge on any atom is 0.416 e. The summed E-state index contributed by atoms with van der Waals surface area (Å²) in [6.45, 7) is 3.92. The molecule has 6 nitrogen and oxygen atoms in total. The lowest BCUT2D eigenvalue weighted by Crippen LogP contribution is -2.40. The van der Waals surface area contributed by atoms with Gasteiger partial charge in [-0.15, -0.1) is 0 Å². The lowest BCUT2D eigenvalue weighted by Gasteiger charge is -2.23. The number of hydrogen-bond donors (Lipinski definition) is 2. The van der Waals surface area contributed by atoms with Crippen molar-refractivity contribution in [3.8, 4) is 0 Å². The van der Waals surface area contributed by atoms with Crippen LogP contribution < -0.4 is 4.90 Å². The van der Waals surface area contributed by atoms with Gasteiger partial charge < -0.3 is 14.8 Å². The summed E-state index contributed by atoms with van der Waals surface area (Å²) in [5.74, 6) is 0.268. The first kappa shape index (κ1) is 12.4. The number of H-pyrrole nitrogens is 1. The van der Waals surface area contributed by atoms with Crippen molar-refractivity contribution in [1.82, 2.24) is 9.97 Å². The van der Waals surface area contributed by atoms with Gasteiger partial charge in [-0.3, -0.25) is 0 Å². The molecule has 0 fully saturated rings. The molecule has 1 atom stereocenters. The summed E-state index contributed by atoms with van der Waals surface area (Å²) in [5, 5.41) is 9.23. The van der Waals surface area contributed by atoms with Crippen molar-refractivity contribution >= 4 is 23.1 Å². The van der Waals surface area contributed by atoms with Crippen LogP contribution in [-0.2, 0) is 4.74 Å². The molecule has 0 saturated carbocycles. The number of amides is 1. The van der Waals surface area contributed by atoms with Crippen molar-refractivity contribution in [3.63, 3.8) is 0 Å². The summed E-state index contributed by atoms with van der Waals surface area (Å²) < 4.78 is 5.30. The van der Waals surface area contributed by atoms with E-state index in [1.807, 2.05) is 31.2 Å². The number of carbonyl (C=O) groups is 1. The maximum absolute atomic E-state index is 11.3. The number of hydrogen-bond acceptors (Lipinski definition) is 3. The standard InChI is InChI=1S/C12H15N3O3/c1-3-18-8(2)15(12(16)17)11-13-9-6-4-5-7-10(9)14-11/h4-8H,3H2,1-2H3,(H,13,14)(H,16,17). The summed E-state index contributed by atoms with van der Waals surface area (Å²) in [6.07, 6.45) is -1.69.